The second-order valence-corrected chi connectivity index (χ2v) is 9.37. The molecule has 0 aliphatic rings. The average Bonchev–Trinajstić information content (AvgIpc) is 2.87. The SMILES string of the molecule is CCCCCCCCCOCC(COc1ccc(C(=O)OCC)cc1)OCCCCCCCCC. The highest BCUT2D eigenvalue weighted by atomic mass is 16.6. The predicted molar refractivity (Wildman–Crippen MR) is 144 cm³/mol. The monoisotopic (exact) mass is 492 g/mol. The fourth-order valence-electron chi connectivity index (χ4n) is 3.92. The maximum absolute atomic E-state index is 11.8. The lowest BCUT2D eigenvalue weighted by atomic mass is 10.1. The van der Waals surface area contributed by atoms with Gasteiger partial charge in [0.05, 0.1) is 18.8 Å². The highest BCUT2D eigenvalue weighted by Gasteiger charge is 2.12. The molecule has 0 heterocycles. The van der Waals surface area contributed by atoms with Gasteiger partial charge in [0.2, 0.25) is 0 Å². The highest BCUT2D eigenvalue weighted by Crippen LogP contribution is 2.15. The lowest BCUT2D eigenvalue weighted by molar-refractivity contribution is -0.0389. The van der Waals surface area contributed by atoms with Gasteiger partial charge in [-0.05, 0) is 44.0 Å². The Kier molecular flexibility index (Phi) is 20.5. The molecule has 0 N–H and O–H groups in total. The first-order chi connectivity index (χ1) is 17.2. The minimum absolute atomic E-state index is 0.0932. The van der Waals surface area contributed by atoms with Crippen LogP contribution in [-0.4, -0.2) is 45.1 Å². The molecule has 0 spiro atoms. The van der Waals surface area contributed by atoms with Crippen LogP contribution in [0.1, 0.15) is 121 Å². The van der Waals surface area contributed by atoms with E-state index in [1.807, 2.05) is 0 Å². The van der Waals surface area contributed by atoms with Crippen molar-refractivity contribution < 1.29 is 23.7 Å². The van der Waals surface area contributed by atoms with Gasteiger partial charge in [-0.2, -0.15) is 0 Å². The van der Waals surface area contributed by atoms with Crippen molar-refractivity contribution in [2.75, 3.05) is 33.0 Å². The Balaban J connectivity index is 2.35. The third kappa shape index (κ3) is 17.5. The molecule has 1 rings (SSSR count). The summed E-state index contributed by atoms with van der Waals surface area (Å²) in [6.07, 6.45) is 17.7. The number of benzene rings is 1. The summed E-state index contributed by atoms with van der Waals surface area (Å²) in [7, 11) is 0. The molecule has 0 fully saturated rings. The van der Waals surface area contributed by atoms with Crippen molar-refractivity contribution in [2.45, 2.75) is 117 Å². The van der Waals surface area contributed by atoms with E-state index in [2.05, 4.69) is 13.8 Å². The van der Waals surface area contributed by atoms with E-state index in [0.29, 0.717) is 25.4 Å². The van der Waals surface area contributed by atoms with Crippen molar-refractivity contribution in [1.82, 2.24) is 0 Å². The van der Waals surface area contributed by atoms with Crippen LogP contribution in [0, 0.1) is 0 Å². The van der Waals surface area contributed by atoms with Crippen LogP contribution < -0.4 is 4.74 Å². The summed E-state index contributed by atoms with van der Waals surface area (Å²) in [6, 6.07) is 7.08. The summed E-state index contributed by atoms with van der Waals surface area (Å²) in [4.78, 5) is 11.8. The predicted octanol–water partition coefficient (Wildman–Crippen LogP) is 8.15. The molecule has 1 atom stereocenters. The Bertz CT molecular complexity index is 601. The van der Waals surface area contributed by atoms with Crippen molar-refractivity contribution in [3.05, 3.63) is 29.8 Å². The molecule has 0 saturated heterocycles. The number of carbonyl (C=O) groups is 1. The number of unbranched alkanes of at least 4 members (excludes halogenated alkanes) is 12. The van der Waals surface area contributed by atoms with Gasteiger partial charge in [-0.25, -0.2) is 4.79 Å². The van der Waals surface area contributed by atoms with Crippen LogP contribution in [0.4, 0.5) is 0 Å². The van der Waals surface area contributed by atoms with Gasteiger partial charge >= 0.3 is 5.97 Å². The van der Waals surface area contributed by atoms with Crippen LogP contribution in [0.2, 0.25) is 0 Å². The summed E-state index contributed by atoms with van der Waals surface area (Å²) < 4.78 is 23.1. The van der Waals surface area contributed by atoms with Crippen molar-refractivity contribution in [2.24, 2.45) is 0 Å². The fraction of sp³-hybridized carbons (Fsp3) is 0.767. The first-order valence-electron chi connectivity index (χ1n) is 14.3. The number of rotatable bonds is 24. The third-order valence-corrected chi connectivity index (χ3v) is 6.10. The molecule has 35 heavy (non-hydrogen) atoms. The summed E-state index contributed by atoms with van der Waals surface area (Å²) in [5.41, 5.74) is 0.531. The van der Waals surface area contributed by atoms with Gasteiger partial charge in [0.25, 0.3) is 0 Å². The van der Waals surface area contributed by atoms with Crippen LogP contribution >= 0.6 is 0 Å². The Hall–Kier alpha value is -1.59. The van der Waals surface area contributed by atoms with E-state index in [0.717, 1.165) is 31.8 Å². The summed E-state index contributed by atoms with van der Waals surface area (Å²) in [6.45, 7) is 9.18. The zero-order valence-corrected chi connectivity index (χ0v) is 22.9. The van der Waals surface area contributed by atoms with Gasteiger partial charge in [-0.3, -0.25) is 0 Å². The minimum Gasteiger partial charge on any atom is -0.491 e. The molecule has 0 aliphatic heterocycles. The standard InChI is InChI=1S/C30H52O5/c1-4-7-9-11-13-15-17-23-32-25-29(34-24-18-16-14-12-10-8-5-2)26-35-28-21-19-27(20-22-28)30(31)33-6-3/h19-22,29H,4-18,23-26H2,1-3H3. The van der Waals surface area contributed by atoms with E-state index in [9.17, 15) is 4.79 Å². The maximum Gasteiger partial charge on any atom is 0.338 e. The van der Waals surface area contributed by atoms with Gasteiger partial charge in [-0.1, -0.05) is 90.9 Å². The zero-order chi connectivity index (χ0) is 25.4. The minimum atomic E-state index is -0.311. The number of esters is 1. The molecule has 0 saturated carbocycles. The molecule has 0 radical (unpaired) electrons. The second kappa shape index (κ2) is 22.8. The highest BCUT2D eigenvalue weighted by molar-refractivity contribution is 5.89. The van der Waals surface area contributed by atoms with Crippen LogP contribution in [0.3, 0.4) is 0 Å². The number of ether oxygens (including phenoxy) is 4. The number of hydrogen-bond acceptors (Lipinski definition) is 5. The molecule has 0 aliphatic carbocycles. The molecular formula is C30H52O5. The Morgan fingerprint density at radius 2 is 1.23 bits per heavy atom. The molecule has 202 valence electrons. The first kappa shape index (κ1) is 31.4. The summed E-state index contributed by atoms with van der Waals surface area (Å²) in [5, 5.41) is 0. The lowest BCUT2D eigenvalue weighted by Gasteiger charge is -2.19. The maximum atomic E-state index is 11.8. The van der Waals surface area contributed by atoms with Crippen molar-refractivity contribution >= 4 is 5.97 Å². The second-order valence-electron chi connectivity index (χ2n) is 9.37. The van der Waals surface area contributed by atoms with Crippen LogP contribution in [-0.2, 0) is 14.2 Å². The van der Waals surface area contributed by atoms with Gasteiger partial charge in [0, 0.05) is 13.2 Å². The largest absolute Gasteiger partial charge is 0.491 e. The lowest BCUT2D eigenvalue weighted by Crippen LogP contribution is -2.28. The number of carbonyl (C=O) groups excluding carboxylic acids is 1. The van der Waals surface area contributed by atoms with Crippen molar-refractivity contribution in [3.63, 3.8) is 0 Å². The topological polar surface area (TPSA) is 54.0 Å². The molecule has 1 aromatic rings. The molecule has 0 amide bonds. The quantitative estimate of drug-likeness (QED) is 0.108. The van der Waals surface area contributed by atoms with E-state index in [4.69, 9.17) is 18.9 Å². The van der Waals surface area contributed by atoms with Crippen LogP contribution in [0.25, 0.3) is 0 Å². The normalized spacial score (nSPS) is 12.0. The summed E-state index contributed by atoms with van der Waals surface area (Å²) >= 11 is 0. The first-order valence-corrected chi connectivity index (χ1v) is 14.3. The van der Waals surface area contributed by atoms with E-state index < -0.39 is 0 Å². The molecule has 0 aromatic heterocycles. The Morgan fingerprint density at radius 3 is 1.80 bits per heavy atom. The molecule has 1 unspecified atom stereocenters. The van der Waals surface area contributed by atoms with E-state index >= 15 is 0 Å². The molecule has 5 nitrogen and oxygen atoms in total. The van der Waals surface area contributed by atoms with Gasteiger partial charge in [-0.15, -0.1) is 0 Å². The molecule has 1 aromatic carbocycles. The van der Waals surface area contributed by atoms with Crippen LogP contribution in [0.15, 0.2) is 24.3 Å². The van der Waals surface area contributed by atoms with Gasteiger partial charge < -0.3 is 18.9 Å². The Labute approximate surface area is 215 Å². The zero-order valence-electron chi connectivity index (χ0n) is 22.9. The van der Waals surface area contributed by atoms with Crippen molar-refractivity contribution in [3.8, 4) is 5.75 Å². The molecule has 0 bridgehead atoms. The van der Waals surface area contributed by atoms with E-state index in [1.54, 1.807) is 31.2 Å². The fourth-order valence-corrected chi connectivity index (χ4v) is 3.92. The Morgan fingerprint density at radius 1 is 0.686 bits per heavy atom. The molecule has 5 heteroatoms. The molecular weight excluding hydrogens is 440 g/mol. The van der Waals surface area contributed by atoms with Crippen molar-refractivity contribution in [1.29, 1.82) is 0 Å². The van der Waals surface area contributed by atoms with E-state index in [-0.39, 0.29) is 12.1 Å². The third-order valence-electron chi connectivity index (χ3n) is 6.10. The number of hydrogen-bond donors (Lipinski definition) is 0. The van der Waals surface area contributed by atoms with Crippen LogP contribution in [0.5, 0.6) is 5.75 Å². The van der Waals surface area contributed by atoms with Gasteiger partial charge in [0.15, 0.2) is 0 Å². The average molecular weight is 493 g/mol. The van der Waals surface area contributed by atoms with E-state index in [1.165, 1.54) is 77.0 Å². The smallest absolute Gasteiger partial charge is 0.338 e. The summed E-state index contributed by atoms with van der Waals surface area (Å²) in [5.74, 6) is 0.406. The van der Waals surface area contributed by atoms with Gasteiger partial charge in [0.1, 0.15) is 18.5 Å².